The SMILES string of the molecule is C=CC(C)NCC(C)C(=O)OCC. The van der Waals surface area contributed by atoms with Crippen LogP contribution >= 0.6 is 0 Å². The number of ether oxygens (including phenoxy) is 1. The summed E-state index contributed by atoms with van der Waals surface area (Å²) in [5, 5.41) is 3.15. The van der Waals surface area contributed by atoms with Crippen LogP contribution in [0.5, 0.6) is 0 Å². The van der Waals surface area contributed by atoms with E-state index in [0.29, 0.717) is 13.2 Å². The lowest BCUT2D eigenvalue weighted by Gasteiger charge is -2.13. The molecule has 0 fully saturated rings. The molecule has 76 valence electrons. The fourth-order valence-corrected chi connectivity index (χ4v) is 0.814. The van der Waals surface area contributed by atoms with Crippen LogP contribution in [0.4, 0.5) is 0 Å². The van der Waals surface area contributed by atoms with E-state index in [1.807, 2.05) is 20.8 Å². The molecule has 0 saturated carbocycles. The van der Waals surface area contributed by atoms with Gasteiger partial charge in [0.1, 0.15) is 0 Å². The van der Waals surface area contributed by atoms with Gasteiger partial charge in [-0.3, -0.25) is 4.79 Å². The van der Waals surface area contributed by atoms with E-state index < -0.39 is 0 Å². The summed E-state index contributed by atoms with van der Waals surface area (Å²) in [6.07, 6.45) is 1.80. The summed E-state index contributed by atoms with van der Waals surface area (Å²) in [6, 6.07) is 0.233. The van der Waals surface area contributed by atoms with Gasteiger partial charge in [0.25, 0.3) is 0 Å². The van der Waals surface area contributed by atoms with Crippen molar-refractivity contribution in [1.82, 2.24) is 5.32 Å². The number of carbonyl (C=O) groups is 1. The highest BCUT2D eigenvalue weighted by Gasteiger charge is 2.13. The molecule has 0 aromatic rings. The Bertz CT molecular complexity index is 168. The third kappa shape index (κ3) is 5.42. The standard InChI is InChI=1S/C10H19NO2/c1-5-9(4)11-7-8(3)10(12)13-6-2/h5,8-9,11H,1,6-7H2,2-4H3. The molecule has 0 spiro atoms. The van der Waals surface area contributed by atoms with Crippen LogP contribution in [-0.4, -0.2) is 25.2 Å². The van der Waals surface area contributed by atoms with Crippen molar-refractivity contribution in [3.05, 3.63) is 12.7 Å². The molecule has 2 unspecified atom stereocenters. The molecule has 0 aromatic heterocycles. The normalized spacial score (nSPS) is 14.7. The highest BCUT2D eigenvalue weighted by Crippen LogP contribution is 1.97. The van der Waals surface area contributed by atoms with Crippen LogP contribution < -0.4 is 5.32 Å². The number of rotatable bonds is 6. The lowest BCUT2D eigenvalue weighted by atomic mass is 10.2. The quantitative estimate of drug-likeness (QED) is 0.501. The highest BCUT2D eigenvalue weighted by molar-refractivity contribution is 5.72. The predicted molar refractivity (Wildman–Crippen MR) is 53.5 cm³/mol. The maximum absolute atomic E-state index is 11.2. The van der Waals surface area contributed by atoms with E-state index in [1.165, 1.54) is 0 Å². The minimum Gasteiger partial charge on any atom is -0.466 e. The zero-order chi connectivity index (χ0) is 10.3. The molecule has 0 aliphatic rings. The zero-order valence-corrected chi connectivity index (χ0v) is 8.67. The summed E-state index contributed by atoms with van der Waals surface area (Å²) < 4.78 is 4.86. The Kier molecular flexibility index (Phi) is 6.24. The van der Waals surface area contributed by atoms with Crippen molar-refractivity contribution < 1.29 is 9.53 Å². The van der Waals surface area contributed by atoms with Gasteiger partial charge in [-0.05, 0) is 13.8 Å². The zero-order valence-electron chi connectivity index (χ0n) is 8.67. The molecule has 0 rings (SSSR count). The predicted octanol–water partition coefficient (Wildman–Crippen LogP) is 1.35. The molecule has 2 atom stereocenters. The van der Waals surface area contributed by atoms with Gasteiger partial charge in [0.2, 0.25) is 0 Å². The van der Waals surface area contributed by atoms with Gasteiger partial charge < -0.3 is 10.1 Å². The maximum Gasteiger partial charge on any atom is 0.309 e. The Morgan fingerprint density at radius 3 is 2.69 bits per heavy atom. The molecule has 3 nitrogen and oxygen atoms in total. The molecule has 0 aromatic carbocycles. The summed E-state index contributed by atoms with van der Waals surface area (Å²) in [4.78, 5) is 11.2. The second-order valence-electron chi connectivity index (χ2n) is 3.09. The summed E-state index contributed by atoms with van der Waals surface area (Å²) in [5.41, 5.74) is 0. The first-order valence-electron chi connectivity index (χ1n) is 4.64. The first-order chi connectivity index (χ1) is 6.11. The second-order valence-corrected chi connectivity index (χ2v) is 3.09. The van der Waals surface area contributed by atoms with Gasteiger partial charge in [-0.2, -0.15) is 0 Å². The third-order valence-electron chi connectivity index (χ3n) is 1.79. The Balaban J connectivity index is 3.66. The van der Waals surface area contributed by atoms with Gasteiger partial charge in [-0.15, -0.1) is 6.58 Å². The average Bonchev–Trinajstić information content (AvgIpc) is 2.13. The molecule has 0 radical (unpaired) electrons. The van der Waals surface area contributed by atoms with Crippen molar-refractivity contribution in [3.63, 3.8) is 0 Å². The topological polar surface area (TPSA) is 38.3 Å². The largest absolute Gasteiger partial charge is 0.466 e. The molecular weight excluding hydrogens is 166 g/mol. The van der Waals surface area contributed by atoms with Crippen molar-refractivity contribution >= 4 is 5.97 Å². The van der Waals surface area contributed by atoms with Crippen LogP contribution in [-0.2, 0) is 9.53 Å². The van der Waals surface area contributed by atoms with E-state index in [4.69, 9.17) is 4.74 Å². The molecule has 0 amide bonds. The fourth-order valence-electron chi connectivity index (χ4n) is 0.814. The molecule has 1 N–H and O–H groups in total. The Labute approximate surface area is 80.2 Å². The van der Waals surface area contributed by atoms with Crippen LogP contribution in [0.1, 0.15) is 20.8 Å². The third-order valence-corrected chi connectivity index (χ3v) is 1.79. The highest BCUT2D eigenvalue weighted by atomic mass is 16.5. The van der Waals surface area contributed by atoms with Crippen LogP contribution in [0.25, 0.3) is 0 Å². The summed E-state index contributed by atoms with van der Waals surface area (Å²) in [6.45, 7) is 10.4. The number of carbonyl (C=O) groups excluding carboxylic acids is 1. The van der Waals surface area contributed by atoms with Crippen LogP contribution in [0, 0.1) is 5.92 Å². The Morgan fingerprint density at radius 2 is 2.23 bits per heavy atom. The number of hydrogen-bond donors (Lipinski definition) is 1. The van der Waals surface area contributed by atoms with Crippen molar-refractivity contribution in [2.75, 3.05) is 13.2 Å². The lowest BCUT2D eigenvalue weighted by Crippen LogP contribution is -2.32. The molecule has 0 heterocycles. The van der Waals surface area contributed by atoms with E-state index in [1.54, 1.807) is 6.08 Å². The maximum atomic E-state index is 11.2. The molecule has 0 aliphatic heterocycles. The summed E-state index contributed by atoms with van der Waals surface area (Å²) in [5.74, 6) is -0.242. The molecule has 3 heteroatoms. The van der Waals surface area contributed by atoms with Crippen LogP contribution in [0.2, 0.25) is 0 Å². The van der Waals surface area contributed by atoms with Crippen molar-refractivity contribution in [2.24, 2.45) is 5.92 Å². The number of hydrogen-bond acceptors (Lipinski definition) is 3. The van der Waals surface area contributed by atoms with Gasteiger partial charge in [0, 0.05) is 12.6 Å². The van der Waals surface area contributed by atoms with Gasteiger partial charge in [-0.1, -0.05) is 13.0 Å². The van der Waals surface area contributed by atoms with E-state index in [0.717, 1.165) is 0 Å². The molecule has 0 bridgehead atoms. The second kappa shape index (κ2) is 6.66. The molecular formula is C10H19NO2. The van der Waals surface area contributed by atoms with E-state index in [2.05, 4.69) is 11.9 Å². The van der Waals surface area contributed by atoms with Gasteiger partial charge >= 0.3 is 5.97 Å². The summed E-state index contributed by atoms with van der Waals surface area (Å²) in [7, 11) is 0. The first kappa shape index (κ1) is 12.2. The Hall–Kier alpha value is -0.830. The van der Waals surface area contributed by atoms with Crippen molar-refractivity contribution in [1.29, 1.82) is 0 Å². The fraction of sp³-hybridized carbons (Fsp3) is 0.700. The van der Waals surface area contributed by atoms with E-state index >= 15 is 0 Å². The van der Waals surface area contributed by atoms with Crippen molar-refractivity contribution in [2.45, 2.75) is 26.8 Å². The van der Waals surface area contributed by atoms with Gasteiger partial charge in [0.15, 0.2) is 0 Å². The summed E-state index contributed by atoms with van der Waals surface area (Å²) >= 11 is 0. The van der Waals surface area contributed by atoms with Gasteiger partial charge in [0.05, 0.1) is 12.5 Å². The van der Waals surface area contributed by atoms with Crippen molar-refractivity contribution in [3.8, 4) is 0 Å². The van der Waals surface area contributed by atoms with E-state index in [-0.39, 0.29) is 17.9 Å². The monoisotopic (exact) mass is 185 g/mol. The Morgan fingerprint density at radius 1 is 1.62 bits per heavy atom. The smallest absolute Gasteiger partial charge is 0.309 e. The minimum atomic E-state index is -0.147. The lowest BCUT2D eigenvalue weighted by molar-refractivity contribution is -0.147. The number of nitrogens with one attached hydrogen (secondary N) is 1. The average molecular weight is 185 g/mol. The van der Waals surface area contributed by atoms with E-state index in [9.17, 15) is 4.79 Å². The van der Waals surface area contributed by atoms with Crippen LogP contribution in [0.3, 0.4) is 0 Å². The number of esters is 1. The van der Waals surface area contributed by atoms with Crippen LogP contribution in [0.15, 0.2) is 12.7 Å². The minimum absolute atomic E-state index is 0.0950. The molecule has 13 heavy (non-hydrogen) atoms. The van der Waals surface area contributed by atoms with Gasteiger partial charge in [-0.25, -0.2) is 0 Å². The first-order valence-corrected chi connectivity index (χ1v) is 4.64. The molecule has 0 aliphatic carbocycles. The molecule has 0 saturated heterocycles.